The molecule has 0 aromatic heterocycles. The first-order valence-electron chi connectivity index (χ1n) is 6.40. The zero-order valence-corrected chi connectivity index (χ0v) is 12.2. The van der Waals surface area contributed by atoms with Gasteiger partial charge in [-0.25, -0.2) is 0 Å². The van der Waals surface area contributed by atoms with Gasteiger partial charge in [0.2, 0.25) is 5.91 Å². The minimum absolute atomic E-state index is 0.00880. The van der Waals surface area contributed by atoms with E-state index in [1.165, 1.54) is 0 Å². The number of nitrogens with two attached hydrogens (primary N) is 1. The summed E-state index contributed by atoms with van der Waals surface area (Å²) in [7, 11) is 0. The first-order chi connectivity index (χ1) is 8.58. The predicted molar refractivity (Wildman–Crippen MR) is 77.4 cm³/mol. The van der Waals surface area contributed by atoms with E-state index < -0.39 is 0 Å². The Balaban J connectivity index is 2.06. The van der Waals surface area contributed by atoms with Crippen molar-refractivity contribution < 1.29 is 4.79 Å². The van der Waals surface area contributed by atoms with Crippen LogP contribution in [0, 0.1) is 12.8 Å². The number of hydrogen-bond acceptors (Lipinski definition) is 2. The van der Waals surface area contributed by atoms with Gasteiger partial charge in [-0.2, -0.15) is 0 Å². The highest BCUT2D eigenvalue weighted by molar-refractivity contribution is 9.10. The molecule has 1 aromatic rings. The number of carbonyl (C=O) groups is 1. The second-order valence-electron chi connectivity index (χ2n) is 5.00. The number of hydrogen-bond donors (Lipinski definition) is 2. The molecule has 4 heteroatoms. The molecule has 1 aliphatic carbocycles. The van der Waals surface area contributed by atoms with Crippen molar-refractivity contribution in [3.05, 3.63) is 28.2 Å². The molecular weight excluding hydrogens is 292 g/mol. The molecule has 0 bridgehead atoms. The lowest BCUT2D eigenvalue weighted by Crippen LogP contribution is -2.40. The Morgan fingerprint density at radius 3 is 2.78 bits per heavy atom. The van der Waals surface area contributed by atoms with Gasteiger partial charge >= 0.3 is 0 Å². The highest BCUT2D eigenvalue weighted by Crippen LogP contribution is 2.26. The van der Waals surface area contributed by atoms with E-state index in [1.54, 1.807) is 0 Å². The molecular formula is C14H19BrN2O. The third-order valence-corrected chi connectivity index (χ3v) is 4.10. The summed E-state index contributed by atoms with van der Waals surface area (Å²) in [5.74, 6) is 0.0226. The fourth-order valence-corrected chi connectivity index (χ4v) is 2.95. The van der Waals surface area contributed by atoms with Gasteiger partial charge in [0, 0.05) is 16.2 Å². The molecule has 3 N–H and O–H groups in total. The lowest BCUT2D eigenvalue weighted by molar-refractivity contribution is -0.121. The van der Waals surface area contributed by atoms with Crippen molar-refractivity contribution in [3.8, 4) is 0 Å². The molecule has 1 saturated carbocycles. The van der Waals surface area contributed by atoms with E-state index in [2.05, 4.69) is 21.2 Å². The molecule has 3 nitrogen and oxygen atoms in total. The molecule has 0 aliphatic heterocycles. The second-order valence-corrected chi connectivity index (χ2v) is 5.92. The van der Waals surface area contributed by atoms with Gasteiger partial charge in [0.15, 0.2) is 0 Å². The van der Waals surface area contributed by atoms with Crippen LogP contribution in [0.15, 0.2) is 22.7 Å². The van der Waals surface area contributed by atoms with Gasteiger partial charge in [-0.15, -0.1) is 0 Å². The fourth-order valence-electron chi connectivity index (χ4n) is 2.48. The van der Waals surface area contributed by atoms with Crippen LogP contribution in [0.1, 0.15) is 31.2 Å². The van der Waals surface area contributed by atoms with Crippen molar-refractivity contribution in [2.75, 3.05) is 5.32 Å². The molecule has 0 radical (unpaired) electrons. The number of benzene rings is 1. The highest BCUT2D eigenvalue weighted by Gasteiger charge is 2.28. The maximum absolute atomic E-state index is 12.2. The standard InChI is InChI=1S/C14H19BrN2O/c1-9-8-10(15)6-7-13(9)17-14(18)11-4-2-3-5-12(11)16/h6-8,11-12H,2-5,16H2,1H3,(H,17,18). The molecule has 1 aromatic carbocycles. The average Bonchev–Trinajstić information content (AvgIpc) is 2.33. The van der Waals surface area contributed by atoms with Crippen LogP contribution >= 0.6 is 15.9 Å². The molecule has 0 saturated heterocycles. The van der Waals surface area contributed by atoms with E-state index in [9.17, 15) is 4.79 Å². The number of amides is 1. The summed E-state index contributed by atoms with van der Waals surface area (Å²) < 4.78 is 1.02. The number of rotatable bonds is 2. The fraction of sp³-hybridized carbons (Fsp3) is 0.500. The normalized spacial score (nSPS) is 23.7. The maximum atomic E-state index is 12.2. The Hall–Kier alpha value is -0.870. The summed E-state index contributed by atoms with van der Waals surface area (Å²) in [6, 6.07) is 5.86. The summed E-state index contributed by atoms with van der Waals surface area (Å²) in [4.78, 5) is 12.2. The van der Waals surface area contributed by atoms with Gasteiger partial charge in [-0.1, -0.05) is 28.8 Å². The molecule has 2 unspecified atom stereocenters. The van der Waals surface area contributed by atoms with Crippen LogP contribution in [-0.2, 0) is 4.79 Å². The van der Waals surface area contributed by atoms with E-state index in [1.807, 2.05) is 25.1 Å². The van der Waals surface area contributed by atoms with E-state index >= 15 is 0 Å². The Bertz CT molecular complexity index is 447. The van der Waals surface area contributed by atoms with Crippen LogP contribution in [-0.4, -0.2) is 11.9 Å². The van der Waals surface area contributed by atoms with Gasteiger partial charge < -0.3 is 11.1 Å². The van der Waals surface area contributed by atoms with E-state index in [-0.39, 0.29) is 17.9 Å². The smallest absolute Gasteiger partial charge is 0.229 e. The highest BCUT2D eigenvalue weighted by atomic mass is 79.9. The molecule has 1 amide bonds. The number of halogens is 1. The van der Waals surface area contributed by atoms with Crippen LogP contribution in [0.4, 0.5) is 5.69 Å². The molecule has 2 atom stereocenters. The minimum Gasteiger partial charge on any atom is -0.327 e. The van der Waals surface area contributed by atoms with Crippen LogP contribution < -0.4 is 11.1 Å². The van der Waals surface area contributed by atoms with Crippen LogP contribution in [0.25, 0.3) is 0 Å². The van der Waals surface area contributed by atoms with Crippen molar-refractivity contribution in [1.29, 1.82) is 0 Å². The third-order valence-electron chi connectivity index (χ3n) is 3.60. The largest absolute Gasteiger partial charge is 0.327 e. The molecule has 2 rings (SSSR count). The van der Waals surface area contributed by atoms with E-state index in [0.717, 1.165) is 41.4 Å². The van der Waals surface area contributed by atoms with Gasteiger partial charge in [-0.05, 0) is 43.5 Å². The first kappa shape index (κ1) is 13.6. The molecule has 98 valence electrons. The Labute approximate surface area is 116 Å². The Kier molecular flexibility index (Phi) is 4.40. The summed E-state index contributed by atoms with van der Waals surface area (Å²) in [6.07, 6.45) is 4.10. The van der Waals surface area contributed by atoms with Gasteiger partial charge in [-0.3, -0.25) is 4.79 Å². The van der Waals surface area contributed by atoms with Crippen molar-refractivity contribution in [2.24, 2.45) is 11.7 Å². The quantitative estimate of drug-likeness (QED) is 0.881. The first-order valence-corrected chi connectivity index (χ1v) is 7.20. The van der Waals surface area contributed by atoms with E-state index in [0.29, 0.717) is 0 Å². The number of aryl methyl sites for hydroxylation is 1. The van der Waals surface area contributed by atoms with Gasteiger partial charge in [0.1, 0.15) is 0 Å². The van der Waals surface area contributed by atoms with Crippen LogP contribution in [0.2, 0.25) is 0 Å². The second kappa shape index (κ2) is 5.85. The molecule has 1 fully saturated rings. The lowest BCUT2D eigenvalue weighted by atomic mass is 9.84. The molecule has 0 spiro atoms. The number of carbonyl (C=O) groups excluding carboxylic acids is 1. The van der Waals surface area contributed by atoms with Crippen molar-refractivity contribution in [2.45, 2.75) is 38.6 Å². The van der Waals surface area contributed by atoms with Gasteiger partial charge in [0.25, 0.3) is 0 Å². The number of nitrogens with one attached hydrogen (secondary N) is 1. The SMILES string of the molecule is Cc1cc(Br)ccc1NC(=O)C1CCCCC1N. The summed E-state index contributed by atoms with van der Waals surface area (Å²) >= 11 is 3.42. The van der Waals surface area contributed by atoms with Crippen LogP contribution in [0.3, 0.4) is 0 Å². The summed E-state index contributed by atoms with van der Waals surface area (Å²) in [6.45, 7) is 1.99. The Morgan fingerprint density at radius 2 is 2.11 bits per heavy atom. The van der Waals surface area contributed by atoms with Crippen molar-refractivity contribution in [1.82, 2.24) is 0 Å². The topological polar surface area (TPSA) is 55.1 Å². The molecule has 1 aliphatic rings. The number of anilines is 1. The van der Waals surface area contributed by atoms with Gasteiger partial charge in [0.05, 0.1) is 5.92 Å². The summed E-state index contributed by atoms with van der Waals surface area (Å²) in [5.41, 5.74) is 7.96. The lowest BCUT2D eigenvalue weighted by Gasteiger charge is -2.27. The summed E-state index contributed by atoms with van der Waals surface area (Å²) in [5, 5.41) is 3.00. The average molecular weight is 311 g/mol. The monoisotopic (exact) mass is 310 g/mol. The van der Waals surface area contributed by atoms with Crippen molar-refractivity contribution >= 4 is 27.5 Å². The minimum atomic E-state index is -0.0400. The van der Waals surface area contributed by atoms with E-state index in [4.69, 9.17) is 5.73 Å². The zero-order valence-electron chi connectivity index (χ0n) is 10.6. The third kappa shape index (κ3) is 3.12. The molecule has 0 heterocycles. The van der Waals surface area contributed by atoms with Crippen LogP contribution in [0.5, 0.6) is 0 Å². The zero-order chi connectivity index (χ0) is 13.1. The van der Waals surface area contributed by atoms with Crippen molar-refractivity contribution in [3.63, 3.8) is 0 Å². The molecule has 18 heavy (non-hydrogen) atoms. The Morgan fingerprint density at radius 1 is 1.39 bits per heavy atom. The predicted octanol–water partition coefficient (Wildman–Crippen LogP) is 3.21. The maximum Gasteiger partial charge on any atom is 0.229 e.